The second kappa shape index (κ2) is 31.7. The van der Waals surface area contributed by atoms with Gasteiger partial charge in [0.1, 0.15) is 28.9 Å². The summed E-state index contributed by atoms with van der Waals surface area (Å²) in [5.74, 6) is -1.38. The molecule has 23 heteroatoms. The molecule has 4 aromatic rings. The van der Waals surface area contributed by atoms with Gasteiger partial charge in [0, 0.05) is 29.7 Å². The molecule has 2 fully saturated rings. The van der Waals surface area contributed by atoms with Crippen LogP contribution >= 0.6 is 15.9 Å². The Morgan fingerprint density at radius 2 is 1.24 bits per heavy atom. The summed E-state index contributed by atoms with van der Waals surface area (Å²) in [5.41, 5.74) is 5.67. The molecule has 0 aromatic heterocycles. The van der Waals surface area contributed by atoms with Crippen LogP contribution in [0.25, 0.3) is 11.1 Å². The first-order chi connectivity index (χ1) is 36.1. The maximum absolute atomic E-state index is 14.2. The van der Waals surface area contributed by atoms with Crippen molar-refractivity contribution in [1.82, 2.24) is 5.32 Å². The van der Waals surface area contributed by atoms with Crippen molar-refractivity contribution in [2.45, 2.75) is 137 Å². The summed E-state index contributed by atoms with van der Waals surface area (Å²) in [5, 5.41) is 45.8. The average Bonchev–Trinajstić information content (AvgIpc) is 3.32. The number of ether oxygens (including phenoxy) is 1. The van der Waals surface area contributed by atoms with Crippen molar-refractivity contribution in [2.24, 2.45) is 28.4 Å². The summed E-state index contributed by atoms with van der Waals surface area (Å²) in [6.45, 7) is 14.2. The molecule has 0 heterocycles. The zero-order chi connectivity index (χ0) is 59.2. The number of alkyl halides is 6. The molecule has 0 radical (unpaired) electrons. The van der Waals surface area contributed by atoms with Gasteiger partial charge in [0.2, 0.25) is 0 Å². The zero-order valence-corrected chi connectivity index (χ0v) is 47.4. The van der Waals surface area contributed by atoms with Crippen molar-refractivity contribution >= 4 is 56.9 Å². The van der Waals surface area contributed by atoms with E-state index in [4.69, 9.17) is 40.0 Å². The van der Waals surface area contributed by atoms with Crippen LogP contribution in [0.15, 0.2) is 89.4 Å². The first-order valence-electron chi connectivity index (χ1n) is 25.2. The fraction of sp³-hybridized carbons (Fsp3) is 0.509. The van der Waals surface area contributed by atoms with Gasteiger partial charge >= 0.3 is 31.4 Å². The van der Waals surface area contributed by atoms with Crippen LogP contribution in [-0.2, 0) is 42.8 Å². The lowest BCUT2D eigenvalue weighted by atomic mass is 9.72. The molecule has 0 spiro atoms. The number of hydrogen-bond acceptors (Lipinski definition) is 12. The van der Waals surface area contributed by atoms with Crippen molar-refractivity contribution in [3.05, 3.63) is 112 Å². The Balaban J connectivity index is 0.000000388. The molecule has 0 amide bonds. The molecule has 434 valence electrons. The van der Waals surface area contributed by atoms with E-state index >= 15 is 0 Å². The predicted octanol–water partition coefficient (Wildman–Crippen LogP) is 11.3. The second-order valence-electron chi connectivity index (χ2n) is 21.0. The van der Waals surface area contributed by atoms with Gasteiger partial charge in [0.15, 0.2) is 0 Å². The van der Waals surface area contributed by atoms with Gasteiger partial charge in [-0.05, 0) is 120 Å². The third-order valence-electron chi connectivity index (χ3n) is 12.8. The fourth-order valence-corrected chi connectivity index (χ4v) is 9.91. The predicted molar refractivity (Wildman–Crippen MR) is 292 cm³/mol. The minimum absolute atomic E-state index is 0.0189. The number of phenols is 1. The third kappa shape index (κ3) is 25.8. The molecule has 0 unspecified atom stereocenters. The number of nitrogens with two attached hydrogens (primary N) is 1. The molecule has 2 aliphatic carbocycles. The van der Waals surface area contributed by atoms with E-state index in [1.807, 2.05) is 0 Å². The monoisotopic (exact) mass is 1190 g/mol. The molecule has 8 N–H and O–H groups in total. The van der Waals surface area contributed by atoms with Crippen molar-refractivity contribution in [3.63, 3.8) is 0 Å². The molecule has 6 rings (SSSR count). The highest BCUT2D eigenvalue weighted by Gasteiger charge is 2.39. The van der Waals surface area contributed by atoms with Crippen LogP contribution in [0, 0.1) is 22.7 Å². The smallest absolute Gasteiger partial charge is 0.488 e. The molecular formula is C55H74BBrF6N2O12S. The quantitative estimate of drug-likeness (QED) is 0.0204. The highest BCUT2D eigenvalue weighted by molar-refractivity contribution is 9.10. The molecule has 78 heavy (non-hydrogen) atoms. The van der Waals surface area contributed by atoms with Crippen LogP contribution in [0.4, 0.5) is 26.3 Å². The minimum Gasteiger partial charge on any atom is -0.507 e. The summed E-state index contributed by atoms with van der Waals surface area (Å²) in [7, 11) is -4.78. The Morgan fingerprint density at radius 1 is 0.731 bits per heavy atom. The van der Waals surface area contributed by atoms with Gasteiger partial charge in [-0.1, -0.05) is 118 Å². The maximum atomic E-state index is 14.2. The van der Waals surface area contributed by atoms with E-state index in [0.29, 0.717) is 46.7 Å². The van der Waals surface area contributed by atoms with Gasteiger partial charge in [-0.25, -0.2) is 0 Å². The van der Waals surface area contributed by atoms with Gasteiger partial charge in [0.25, 0.3) is 10.1 Å². The van der Waals surface area contributed by atoms with E-state index in [1.54, 1.807) is 42.5 Å². The highest BCUT2D eigenvalue weighted by atomic mass is 79.9. The summed E-state index contributed by atoms with van der Waals surface area (Å²) >= 11 is 2.70. The molecule has 0 bridgehead atoms. The summed E-state index contributed by atoms with van der Waals surface area (Å²) < 4.78 is 112. The number of rotatable bonds is 14. The van der Waals surface area contributed by atoms with E-state index in [1.165, 1.54) is 36.4 Å². The van der Waals surface area contributed by atoms with E-state index in [-0.39, 0.29) is 59.3 Å². The fourth-order valence-electron chi connectivity index (χ4n) is 8.65. The average molecular weight is 1190 g/mol. The van der Waals surface area contributed by atoms with E-state index in [2.05, 4.69) is 62.8 Å². The Kier molecular flexibility index (Phi) is 28.1. The number of halogens is 7. The molecule has 4 aromatic carbocycles. The molecule has 14 nitrogen and oxygen atoms in total. The molecule has 0 aliphatic heterocycles. The number of phenolic OH excluding ortho intramolecular Hbond substituents is 1. The number of aromatic hydroxyl groups is 1. The highest BCUT2D eigenvalue weighted by Crippen LogP contribution is 2.46. The molecule has 0 atom stereocenters. The van der Waals surface area contributed by atoms with Gasteiger partial charge in [-0.2, -0.15) is 34.8 Å². The maximum Gasteiger partial charge on any atom is 0.488 e. The van der Waals surface area contributed by atoms with Crippen LogP contribution in [0.3, 0.4) is 0 Å². The van der Waals surface area contributed by atoms with Gasteiger partial charge in [0.05, 0.1) is 31.3 Å². The van der Waals surface area contributed by atoms with Crippen LogP contribution in [0.1, 0.15) is 133 Å². The zero-order valence-electron chi connectivity index (χ0n) is 45.0. The number of aldehydes is 1. The lowest BCUT2D eigenvalue weighted by molar-refractivity contribution is -0.140. The second-order valence-corrected chi connectivity index (χ2v) is 23.5. The number of benzene rings is 4. The van der Waals surface area contributed by atoms with E-state index < -0.39 is 58.4 Å². The number of nitrogens with one attached hydrogen (secondary N) is 1. The van der Waals surface area contributed by atoms with E-state index in [9.17, 15) is 49.1 Å². The Morgan fingerprint density at radius 3 is 1.68 bits per heavy atom. The lowest BCUT2D eigenvalue weighted by Gasteiger charge is -2.37. The summed E-state index contributed by atoms with van der Waals surface area (Å²) in [6.07, 6.45) is -0.270. The van der Waals surface area contributed by atoms with Crippen LogP contribution in [-0.4, -0.2) is 90.7 Å². The van der Waals surface area contributed by atoms with Crippen LogP contribution < -0.4 is 21.3 Å². The molecule has 2 aliphatic rings. The van der Waals surface area contributed by atoms with Crippen molar-refractivity contribution in [3.8, 4) is 22.6 Å². The standard InChI is InChI=1S/C27H34F3NO3.C11H22O3S.C7H7BO3.C7H4BrF3O.C3H7NO2/c1-26(2,3)20-10-12-21(13-11-20)34-23-9-5-8-22(25(23)27(28,29)30)19-7-4-6-18(16-19)17-31-15-14-24(32)33;1-11(2,3)9-5-7-10(8-6-9)14-15(4,12)13;9-5-6-2-1-3-7(4-6)8(10)11;8-4-2-1-3-5(12)6(4)7(9,10)11;4-2-1-3(5)6/h4-9,16,20-21,31H,10-15,17H2,1-3H3,(H,32,33);9-10H,5-8H2,1-4H3;1-5,10-11H;1-3,12H;1-2,4H2,(H,5,6). The summed E-state index contributed by atoms with van der Waals surface area (Å²) in [6, 6.07) is 21.1. The normalized spacial score (nSPS) is 17.7. The van der Waals surface area contributed by atoms with Crippen LogP contribution in [0.5, 0.6) is 11.5 Å². The number of carboxylic acids is 2. The van der Waals surface area contributed by atoms with E-state index in [0.717, 1.165) is 69.3 Å². The Hall–Kier alpha value is -5.04. The van der Waals surface area contributed by atoms with Gasteiger partial charge in [-0.3, -0.25) is 18.6 Å². The minimum atomic E-state index is -4.57. The van der Waals surface area contributed by atoms with Crippen molar-refractivity contribution in [2.75, 3.05) is 19.3 Å². The largest absolute Gasteiger partial charge is 0.507 e. The van der Waals surface area contributed by atoms with Gasteiger partial charge < -0.3 is 41.2 Å². The van der Waals surface area contributed by atoms with Crippen molar-refractivity contribution in [1.29, 1.82) is 0 Å². The molecule has 2 saturated carbocycles. The molecular weight excluding hydrogens is 1120 g/mol. The van der Waals surface area contributed by atoms with Crippen LogP contribution in [0.2, 0.25) is 0 Å². The first-order valence-corrected chi connectivity index (χ1v) is 27.8. The first kappa shape index (κ1) is 69.1. The summed E-state index contributed by atoms with van der Waals surface area (Å²) in [4.78, 5) is 30.4. The molecule has 0 saturated heterocycles. The third-order valence-corrected chi connectivity index (χ3v) is 14.1. The SMILES string of the molecule is CC(C)(C)C1CCC(OS(C)(=O)=O)CC1.CC(C)(C)C1CCC(Oc2cccc(-c3cccc(CNCCC(=O)O)c3)c2C(F)(F)F)CC1.NCCC(=O)O.O=Cc1cccc(B(O)O)c1.Oc1cccc(Br)c1C(F)(F)F. The van der Waals surface area contributed by atoms with Gasteiger partial charge in [-0.15, -0.1) is 0 Å². The number of hydrogen-bond donors (Lipinski definition) is 7. The van der Waals surface area contributed by atoms with Crippen molar-refractivity contribution < 1.29 is 83.4 Å². The number of carboxylic acid groups (broad SMARTS) is 2. The topological polar surface area (TPSA) is 243 Å². The number of carbonyl (C=O) groups is 3. The number of carbonyl (C=O) groups excluding carboxylic acids is 1. The number of aliphatic carboxylic acids is 2. The lowest BCUT2D eigenvalue weighted by Crippen LogP contribution is -2.31. The Bertz CT molecular complexity index is 2590. The Labute approximate surface area is 462 Å².